The summed E-state index contributed by atoms with van der Waals surface area (Å²) in [7, 11) is 0. The minimum absolute atomic E-state index is 0.0558. The summed E-state index contributed by atoms with van der Waals surface area (Å²) >= 11 is 0. The molecule has 12 rings (SSSR count). The van der Waals surface area contributed by atoms with Gasteiger partial charge in [-0.25, -0.2) is 24.2 Å². The van der Waals surface area contributed by atoms with E-state index in [9.17, 15) is 21.0 Å². The third-order valence-corrected chi connectivity index (χ3v) is 14.8. The monoisotopic (exact) mass is 1080 g/mol. The topological polar surface area (TPSA) is 127 Å². The predicted octanol–water partition coefficient (Wildman–Crippen LogP) is 19.5. The van der Waals surface area contributed by atoms with Crippen molar-refractivity contribution in [2.45, 2.75) is 6.18 Å². The zero-order valence-corrected chi connectivity index (χ0v) is 43.4. The first kappa shape index (κ1) is 51.7. The Labute approximate surface area is 477 Å². The van der Waals surface area contributed by atoms with Crippen LogP contribution in [0.4, 0.5) is 41.6 Å². The van der Waals surface area contributed by atoms with Crippen LogP contribution in [0.2, 0.25) is 0 Å². The molecule has 0 N–H and O–H groups in total. The van der Waals surface area contributed by atoms with Crippen molar-refractivity contribution in [2.75, 3.05) is 0 Å². The van der Waals surface area contributed by atoms with Crippen LogP contribution in [0.15, 0.2) is 182 Å². The lowest BCUT2D eigenvalue weighted by Crippen LogP contribution is -2.09. The van der Waals surface area contributed by atoms with E-state index in [2.05, 4.69) is 48.5 Å². The maximum Gasteiger partial charge on any atom is 0.417 e. The van der Waals surface area contributed by atoms with Gasteiger partial charge in [-0.1, -0.05) is 42.5 Å². The van der Waals surface area contributed by atoms with Crippen molar-refractivity contribution in [3.05, 3.63) is 267 Å². The van der Waals surface area contributed by atoms with Crippen LogP contribution in [0.5, 0.6) is 0 Å². The molecule has 0 aliphatic rings. The first-order valence-corrected chi connectivity index (χ1v) is 25.4. The minimum atomic E-state index is -4.85. The van der Waals surface area contributed by atoms with Crippen molar-refractivity contribution in [3.63, 3.8) is 0 Å². The molecule has 0 amide bonds. The molecule has 0 aliphatic heterocycles. The maximum absolute atomic E-state index is 15.6. The van der Waals surface area contributed by atoms with Crippen LogP contribution in [0.25, 0.3) is 135 Å². The number of aromatic nitrogens is 2. The Kier molecular flexibility index (Phi) is 12.5. The van der Waals surface area contributed by atoms with Gasteiger partial charge in [0.25, 0.3) is 0 Å². The molecule has 2 aromatic heterocycles. The highest BCUT2D eigenvalue weighted by Crippen LogP contribution is 2.48. The SMILES string of the molecule is [C-]#[N+]c1cc(C#N)cc(-c2ccc3c(c2)c2cc(-c4cc(C#N)cc([N+]#[C-])c4)ccc2n3-c2cc(-c3ccccc3C(F)(F)F)c(-n3c4ccc(-c5cc(C#N)cc([N+]#[C-])c5)cc4c4cc(-c5cc(C#N)cc([N+]#[C-])c5)ccc43)cc2[N+]#[C-])c1. The van der Waals surface area contributed by atoms with Gasteiger partial charge in [0, 0.05) is 55.0 Å². The molecule has 0 radical (unpaired) electrons. The Morgan fingerprint density at radius 3 is 0.976 bits per heavy atom. The van der Waals surface area contributed by atoms with E-state index in [0.717, 1.165) is 6.07 Å². The smallest absolute Gasteiger partial charge is 0.319 e. The van der Waals surface area contributed by atoms with Crippen molar-refractivity contribution >= 4 is 72.0 Å². The van der Waals surface area contributed by atoms with Crippen LogP contribution in [0.1, 0.15) is 27.8 Å². The van der Waals surface area contributed by atoms with Crippen molar-refractivity contribution in [3.8, 4) is 91.3 Å². The normalized spacial score (nSPS) is 10.9. The number of hydrogen-bond donors (Lipinski definition) is 0. The van der Waals surface area contributed by atoms with E-state index in [1.807, 2.05) is 69.8 Å². The summed E-state index contributed by atoms with van der Waals surface area (Å²) in [4.78, 5) is 18.5. The zero-order chi connectivity index (χ0) is 58.6. The van der Waals surface area contributed by atoms with Crippen LogP contribution in [-0.2, 0) is 6.18 Å². The molecule has 10 aromatic carbocycles. The van der Waals surface area contributed by atoms with Gasteiger partial charge in [-0.15, -0.1) is 0 Å². The van der Waals surface area contributed by atoms with E-state index in [1.54, 1.807) is 72.8 Å². The lowest BCUT2D eigenvalue weighted by Gasteiger charge is -2.21. The van der Waals surface area contributed by atoms with E-state index in [-0.39, 0.29) is 73.2 Å². The highest BCUT2D eigenvalue weighted by Gasteiger charge is 2.35. The molecule has 0 spiro atoms. The second-order valence-electron chi connectivity index (χ2n) is 19.6. The number of nitrogens with zero attached hydrogens (tertiary/aromatic N) is 11. The molecule has 11 nitrogen and oxygen atoms in total. The Morgan fingerprint density at radius 1 is 0.333 bits per heavy atom. The van der Waals surface area contributed by atoms with Gasteiger partial charge in [0.05, 0.1) is 90.5 Å². The molecule has 0 fully saturated rings. The second-order valence-corrected chi connectivity index (χ2v) is 19.6. The number of nitriles is 4. The Hall–Kier alpha value is -13.0. The van der Waals surface area contributed by atoms with E-state index in [1.165, 1.54) is 42.5 Å². The molecule has 0 bridgehead atoms. The molecule has 386 valence electrons. The fourth-order valence-corrected chi connectivity index (χ4v) is 11.1. The highest BCUT2D eigenvalue weighted by molar-refractivity contribution is 6.14. The molecule has 0 unspecified atom stereocenters. The van der Waals surface area contributed by atoms with E-state index >= 15 is 13.2 Å². The van der Waals surface area contributed by atoms with Gasteiger partial charge in [-0.05, 0) is 190 Å². The number of benzene rings is 10. The Balaban J connectivity index is 1.18. The lowest BCUT2D eigenvalue weighted by molar-refractivity contribution is -0.137. The molecule has 14 heteroatoms. The number of alkyl halides is 3. The van der Waals surface area contributed by atoms with Crippen molar-refractivity contribution in [1.82, 2.24) is 9.13 Å². The van der Waals surface area contributed by atoms with E-state index in [4.69, 9.17) is 32.9 Å². The van der Waals surface area contributed by atoms with Crippen LogP contribution >= 0.6 is 0 Å². The highest BCUT2D eigenvalue weighted by atomic mass is 19.4. The molecule has 0 aliphatic carbocycles. The zero-order valence-electron chi connectivity index (χ0n) is 43.4. The lowest BCUT2D eigenvalue weighted by atomic mass is 9.96. The minimum Gasteiger partial charge on any atom is -0.319 e. The first-order chi connectivity index (χ1) is 40.8. The quantitative estimate of drug-likeness (QED) is 0.147. The van der Waals surface area contributed by atoms with Crippen molar-refractivity contribution in [2.24, 2.45) is 0 Å². The van der Waals surface area contributed by atoms with Crippen LogP contribution in [0.3, 0.4) is 0 Å². The van der Waals surface area contributed by atoms with Gasteiger partial charge >= 0.3 is 6.18 Å². The second kappa shape index (κ2) is 20.3. The molecule has 2 heterocycles. The van der Waals surface area contributed by atoms with Gasteiger partial charge in [0.15, 0.2) is 22.7 Å². The van der Waals surface area contributed by atoms with Gasteiger partial charge in [-0.3, -0.25) is 0 Å². The molecule has 0 atom stereocenters. The average molecular weight is 1080 g/mol. The summed E-state index contributed by atoms with van der Waals surface area (Å²) in [5.41, 5.74) is 8.53. The summed E-state index contributed by atoms with van der Waals surface area (Å²) in [6.45, 7) is 40.0. The summed E-state index contributed by atoms with van der Waals surface area (Å²) in [5.74, 6) is 0. The van der Waals surface area contributed by atoms with Crippen LogP contribution < -0.4 is 0 Å². The average Bonchev–Trinajstić information content (AvgIpc) is 1.70. The van der Waals surface area contributed by atoms with Crippen LogP contribution in [-0.4, -0.2) is 9.13 Å². The fourth-order valence-electron chi connectivity index (χ4n) is 11.1. The van der Waals surface area contributed by atoms with Crippen LogP contribution in [0, 0.1) is 78.2 Å². The Morgan fingerprint density at radius 2 is 0.667 bits per heavy atom. The first-order valence-electron chi connectivity index (χ1n) is 25.4. The van der Waals surface area contributed by atoms with Crippen molar-refractivity contribution in [1.29, 1.82) is 21.0 Å². The molecular formula is C70H30F3N11. The number of rotatable bonds is 7. The number of hydrogen-bond acceptors (Lipinski definition) is 4. The summed E-state index contributed by atoms with van der Waals surface area (Å²) in [6.07, 6.45) is -4.85. The fraction of sp³-hybridized carbons (Fsp3) is 0.0143. The number of halogens is 3. The molecule has 0 saturated heterocycles. The molecule has 84 heavy (non-hydrogen) atoms. The third kappa shape index (κ3) is 8.84. The Bertz CT molecular complexity index is 4930. The van der Waals surface area contributed by atoms with Gasteiger partial charge in [-0.2, -0.15) is 34.2 Å². The van der Waals surface area contributed by atoms with Crippen molar-refractivity contribution < 1.29 is 13.2 Å². The molecular weight excluding hydrogens is 1050 g/mol. The van der Waals surface area contributed by atoms with Gasteiger partial charge < -0.3 is 9.13 Å². The third-order valence-electron chi connectivity index (χ3n) is 14.8. The van der Waals surface area contributed by atoms with Gasteiger partial charge in [0.2, 0.25) is 5.69 Å². The summed E-state index contributed by atoms with van der Waals surface area (Å²) < 4.78 is 50.5. The predicted molar refractivity (Wildman–Crippen MR) is 317 cm³/mol. The summed E-state index contributed by atoms with van der Waals surface area (Å²) in [6, 6.07) is 58.3. The van der Waals surface area contributed by atoms with Gasteiger partial charge in [0.1, 0.15) is 0 Å². The number of fused-ring (bicyclic) bond motifs is 6. The molecule has 0 saturated carbocycles. The summed E-state index contributed by atoms with van der Waals surface area (Å²) in [5, 5.41) is 42.3. The largest absolute Gasteiger partial charge is 0.417 e. The van der Waals surface area contributed by atoms with E-state index < -0.39 is 11.7 Å². The maximum atomic E-state index is 15.6. The molecule has 12 aromatic rings. The standard InChI is InChI=1S/C70H30F3N11/c1-78-52-22-40(36-74)18-48(26-52)44-10-14-64-57(30-44)58-31-45(49-19-41(37-75)23-53(27-49)79-2)11-15-65(58)83(64)68-35-63(82-5)69(34-61(68)56-8-6-7-9-62(56)70(71,72)73)84-66-16-12-46(50-20-42(38-76)24-54(28-50)80-3)32-59(66)60-33-47(13-17-67(60)84)51-21-43(39-77)25-55(29-51)81-4/h6-35H. The van der Waals surface area contributed by atoms with E-state index in [0.29, 0.717) is 88.1 Å².